The first-order valence-electron chi connectivity index (χ1n) is 5.35. The molecule has 0 radical (unpaired) electrons. The number of hydrogen-bond donors (Lipinski definition) is 2. The van der Waals surface area contributed by atoms with Gasteiger partial charge in [0.1, 0.15) is 10.5 Å². The molecule has 0 saturated carbocycles. The van der Waals surface area contributed by atoms with Gasteiger partial charge in [-0.1, -0.05) is 6.92 Å². The van der Waals surface area contributed by atoms with E-state index in [2.05, 4.69) is 9.97 Å². The molecule has 0 fully saturated rings. The summed E-state index contributed by atoms with van der Waals surface area (Å²) >= 11 is 3.08. The lowest BCUT2D eigenvalue weighted by atomic mass is 10.2. The van der Waals surface area contributed by atoms with Gasteiger partial charge in [-0.25, -0.2) is 4.98 Å². The number of aromatic nitrogens is 2. The Bertz CT molecular complexity index is 550. The normalized spacial score (nSPS) is 13.1. The minimum Gasteiger partial charge on any atom is -0.396 e. The topological polar surface area (TPSA) is 66.0 Å². The van der Waals surface area contributed by atoms with Crippen LogP contribution in [0.15, 0.2) is 16.2 Å². The van der Waals surface area contributed by atoms with Gasteiger partial charge in [0.2, 0.25) is 0 Å². The Hall–Kier alpha value is -0.850. The van der Waals surface area contributed by atoms with Crippen molar-refractivity contribution >= 4 is 33.3 Å². The second kappa shape index (κ2) is 5.66. The van der Waals surface area contributed by atoms with Gasteiger partial charge in [0.05, 0.1) is 11.3 Å². The average Bonchev–Trinajstić information content (AvgIpc) is 2.77. The molecule has 2 aromatic rings. The lowest BCUT2D eigenvalue weighted by molar-refractivity contribution is 0.250. The average molecular weight is 270 g/mol. The number of thiophene rings is 1. The van der Waals surface area contributed by atoms with Crippen molar-refractivity contribution in [3.8, 4) is 0 Å². The lowest BCUT2D eigenvalue weighted by Crippen LogP contribution is -2.10. The maximum Gasteiger partial charge on any atom is 0.268 e. The summed E-state index contributed by atoms with van der Waals surface area (Å²) in [6, 6.07) is 1.86. The van der Waals surface area contributed by atoms with Crippen LogP contribution in [-0.4, -0.2) is 27.4 Å². The van der Waals surface area contributed by atoms with Crippen molar-refractivity contribution in [2.24, 2.45) is 5.92 Å². The number of aromatic amines is 1. The van der Waals surface area contributed by atoms with E-state index < -0.39 is 0 Å². The van der Waals surface area contributed by atoms with Crippen LogP contribution in [0.2, 0.25) is 0 Å². The van der Waals surface area contributed by atoms with Crippen LogP contribution in [0.4, 0.5) is 0 Å². The van der Waals surface area contributed by atoms with Crippen LogP contribution in [0.1, 0.15) is 12.7 Å². The van der Waals surface area contributed by atoms with Crippen molar-refractivity contribution in [3.63, 3.8) is 0 Å². The number of aliphatic hydroxyl groups excluding tert-OH is 1. The summed E-state index contributed by atoms with van der Waals surface area (Å²) in [5.74, 6) is 2.51. The summed E-state index contributed by atoms with van der Waals surface area (Å²) in [6.45, 7) is 2.19. The third kappa shape index (κ3) is 3.08. The number of H-pyrrole nitrogens is 1. The molecule has 2 N–H and O–H groups in total. The van der Waals surface area contributed by atoms with E-state index in [0.29, 0.717) is 16.3 Å². The fourth-order valence-electron chi connectivity index (χ4n) is 1.40. The monoisotopic (exact) mass is 270 g/mol. The van der Waals surface area contributed by atoms with Gasteiger partial charge in [0.25, 0.3) is 5.56 Å². The van der Waals surface area contributed by atoms with Crippen molar-refractivity contribution in [1.29, 1.82) is 0 Å². The minimum atomic E-state index is -0.0594. The quantitative estimate of drug-likeness (QED) is 0.870. The van der Waals surface area contributed by atoms with Crippen LogP contribution in [0.3, 0.4) is 0 Å². The Morgan fingerprint density at radius 1 is 1.65 bits per heavy atom. The lowest BCUT2D eigenvalue weighted by Gasteiger charge is -2.06. The fourth-order valence-corrected chi connectivity index (χ4v) is 3.08. The molecule has 0 aliphatic rings. The van der Waals surface area contributed by atoms with E-state index in [9.17, 15) is 4.79 Å². The van der Waals surface area contributed by atoms with E-state index in [-0.39, 0.29) is 18.1 Å². The van der Waals surface area contributed by atoms with E-state index >= 15 is 0 Å². The first-order valence-corrected chi connectivity index (χ1v) is 7.39. The second-order valence-electron chi connectivity index (χ2n) is 3.95. The molecule has 2 rings (SSSR count). The molecule has 0 saturated heterocycles. The zero-order valence-corrected chi connectivity index (χ0v) is 11.1. The molecule has 1 unspecified atom stereocenters. The molecule has 4 nitrogen and oxygen atoms in total. The van der Waals surface area contributed by atoms with Crippen LogP contribution in [0.5, 0.6) is 0 Å². The predicted molar refractivity (Wildman–Crippen MR) is 72.7 cm³/mol. The van der Waals surface area contributed by atoms with E-state index in [1.54, 1.807) is 11.8 Å². The van der Waals surface area contributed by atoms with Gasteiger partial charge >= 0.3 is 0 Å². The zero-order valence-electron chi connectivity index (χ0n) is 9.47. The number of aliphatic hydroxyl groups is 1. The third-order valence-electron chi connectivity index (χ3n) is 2.32. The van der Waals surface area contributed by atoms with Crippen LogP contribution >= 0.6 is 23.1 Å². The molecule has 0 aliphatic carbocycles. The molecule has 0 spiro atoms. The Morgan fingerprint density at radius 2 is 2.47 bits per heavy atom. The van der Waals surface area contributed by atoms with Crippen LogP contribution in [0, 0.1) is 5.92 Å². The summed E-state index contributed by atoms with van der Waals surface area (Å²) in [7, 11) is 0. The smallest absolute Gasteiger partial charge is 0.268 e. The van der Waals surface area contributed by atoms with E-state index in [4.69, 9.17) is 5.11 Å². The Labute approximate surface area is 107 Å². The largest absolute Gasteiger partial charge is 0.396 e. The number of fused-ring (bicyclic) bond motifs is 1. The molecule has 0 bridgehead atoms. The van der Waals surface area contributed by atoms with Crippen molar-refractivity contribution in [3.05, 3.63) is 27.6 Å². The van der Waals surface area contributed by atoms with E-state index in [1.807, 2.05) is 18.4 Å². The first kappa shape index (κ1) is 12.6. The van der Waals surface area contributed by atoms with Crippen LogP contribution in [0.25, 0.3) is 10.2 Å². The van der Waals surface area contributed by atoms with E-state index in [1.165, 1.54) is 11.3 Å². The summed E-state index contributed by atoms with van der Waals surface area (Å²) in [4.78, 5) is 18.9. The molecule has 0 aromatic carbocycles. The Kier molecular flexibility index (Phi) is 4.20. The van der Waals surface area contributed by atoms with Gasteiger partial charge in [0, 0.05) is 6.61 Å². The molecular weight excluding hydrogens is 256 g/mol. The molecule has 0 aliphatic heterocycles. The molecule has 6 heteroatoms. The van der Waals surface area contributed by atoms with Crippen LogP contribution in [-0.2, 0) is 5.75 Å². The summed E-state index contributed by atoms with van der Waals surface area (Å²) in [5.41, 5.74) is 0.709. The summed E-state index contributed by atoms with van der Waals surface area (Å²) in [5, 5.41) is 10.8. The second-order valence-corrected chi connectivity index (χ2v) is 5.90. The van der Waals surface area contributed by atoms with Gasteiger partial charge in [-0.2, -0.15) is 11.8 Å². The minimum absolute atomic E-state index is 0.0594. The number of thioether (sulfide) groups is 1. The fraction of sp³-hybridized carbons (Fsp3) is 0.455. The molecule has 1 atom stereocenters. The van der Waals surface area contributed by atoms with Crippen LogP contribution < -0.4 is 5.56 Å². The Morgan fingerprint density at radius 3 is 3.24 bits per heavy atom. The molecule has 2 aromatic heterocycles. The standard InChI is InChI=1S/C11H14N2O2S2/c1-7(4-14)5-16-6-9-12-8-2-3-17-10(8)11(15)13-9/h2-3,7,14H,4-6H2,1H3,(H,12,13,15). The van der Waals surface area contributed by atoms with Gasteiger partial charge in [-0.15, -0.1) is 11.3 Å². The molecule has 0 amide bonds. The SMILES string of the molecule is CC(CO)CSCc1nc2ccsc2c(=O)[nH]1. The summed E-state index contributed by atoms with van der Waals surface area (Å²) < 4.78 is 0.683. The number of rotatable bonds is 5. The maximum atomic E-state index is 11.7. The highest BCUT2D eigenvalue weighted by molar-refractivity contribution is 7.98. The molecule has 17 heavy (non-hydrogen) atoms. The van der Waals surface area contributed by atoms with Gasteiger partial charge in [0.15, 0.2) is 0 Å². The maximum absolute atomic E-state index is 11.7. The van der Waals surface area contributed by atoms with Crippen molar-refractivity contribution < 1.29 is 5.11 Å². The molecule has 2 heterocycles. The number of nitrogens with one attached hydrogen (secondary N) is 1. The Balaban J connectivity index is 2.06. The predicted octanol–water partition coefficient (Wildman–Crippen LogP) is 1.85. The zero-order chi connectivity index (χ0) is 12.3. The number of hydrogen-bond acceptors (Lipinski definition) is 5. The highest BCUT2D eigenvalue weighted by atomic mass is 32.2. The third-order valence-corrected chi connectivity index (χ3v) is 4.50. The van der Waals surface area contributed by atoms with Gasteiger partial charge in [-0.3, -0.25) is 4.79 Å². The van der Waals surface area contributed by atoms with Gasteiger partial charge in [-0.05, 0) is 23.1 Å². The van der Waals surface area contributed by atoms with Crippen molar-refractivity contribution in [2.75, 3.05) is 12.4 Å². The van der Waals surface area contributed by atoms with E-state index in [0.717, 1.165) is 11.3 Å². The first-order chi connectivity index (χ1) is 8.20. The highest BCUT2D eigenvalue weighted by Crippen LogP contribution is 2.16. The summed E-state index contributed by atoms with van der Waals surface area (Å²) in [6.07, 6.45) is 0. The van der Waals surface area contributed by atoms with Crippen molar-refractivity contribution in [1.82, 2.24) is 9.97 Å². The number of nitrogens with zero attached hydrogens (tertiary/aromatic N) is 1. The van der Waals surface area contributed by atoms with Crippen molar-refractivity contribution in [2.45, 2.75) is 12.7 Å². The molecular formula is C11H14N2O2S2. The highest BCUT2D eigenvalue weighted by Gasteiger charge is 2.06. The molecule has 92 valence electrons. The van der Waals surface area contributed by atoms with Gasteiger partial charge < -0.3 is 10.1 Å².